The lowest BCUT2D eigenvalue weighted by Crippen LogP contribution is -2.51. The van der Waals surface area contributed by atoms with Gasteiger partial charge in [-0.3, -0.25) is 19.3 Å². The van der Waals surface area contributed by atoms with Crippen LogP contribution in [0.3, 0.4) is 0 Å². The number of hydrogen-bond acceptors (Lipinski definition) is 4. The van der Waals surface area contributed by atoms with E-state index in [2.05, 4.69) is 5.32 Å². The number of carbonyl (C=O) groups excluding carboxylic acids is 3. The molecule has 2 atom stereocenters. The van der Waals surface area contributed by atoms with E-state index in [1.54, 1.807) is 0 Å². The Hall–Kier alpha value is -2.35. The van der Waals surface area contributed by atoms with Crippen LogP contribution in [0.25, 0.3) is 0 Å². The molecule has 1 aromatic rings. The first-order valence-electron chi connectivity index (χ1n) is 8.47. The Labute approximate surface area is 151 Å². The normalized spacial score (nSPS) is 13.0. The standard InChI is InChI=1S/C18H25F2N3O3/c1-4-5-6-15(21)18(26)23(3)17(25)11(2)22-16(24)9-12-7-13(19)10-14(20)8-12/h7-8,10-11,15H,4-6,9,21H2,1-3H3,(H,22,24)/t11-,15-/m0/s1. The monoisotopic (exact) mass is 369 g/mol. The molecule has 0 bridgehead atoms. The van der Waals surface area contributed by atoms with E-state index >= 15 is 0 Å². The van der Waals surface area contributed by atoms with E-state index in [4.69, 9.17) is 5.73 Å². The fourth-order valence-electron chi connectivity index (χ4n) is 2.45. The van der Waals surface area contributed by atoms with Gasteiger partial charge in [-0.15, -0.1) is 0 Å². The first-order valence-corrected chi connectivity index (χ1v) is 8.47. The van der Waals surface area contributed by atoms with Crippen LogP contribution >= 0.6 is 0 Å². The largest absolute Gasteiger partial charge is 0.344 e. The molecule has 144 valence electrons. The van der Waals surface area contributed by atoms with E-state index in [1.165, 1.54) is 14.0 Å². The number of nitrogens with zero attached hydrogens (tertiary/aromatic N) is 1. The quantitative estimate of drug-likeness (QED) is 0.727. The molecule has 0 saturated heterocycles. The van der Waals surface area contributed by atoms with Crippen LogP contribution in [0.5, 0.6) is 0 Å². The number of amides is 3. The topological polar surface area (TPSA) is 92.5 Å². The van der Waals surface area contributed by atoms with Crippen molar-refractivity contribution in [2.45, 2.75) is 51.6 Å². The molecule has 0 unspecified atom stereocenters. The minimum atomic E-state index is -0.978. The van der Waals surface area contributed by atoms with Gasteiger partial charge in [-0.05, 0) is 31.0 Å². The third-order valence-corrected chi connectivity index (χ3v) is 3.88. The van der Waals surface area contributed by atoms with Gasteiger partial charge in [0.2, 0.25) is 11.8 Å². The highest BCUT2D eigenvalue weighted by Gasteiger charge is 2.27. The highest BCUT2D eigenvalue weighted by molar-refractivity contribution is 6.00. The first-order chi connectivity index (χ1) is 12.1. The molecule has 1 rings (SSSR count). The Morgan fingerprint density at radius 3 is 2.27 bits per heavy atom. The average Bonchev–Trinajstić information content (AvgIpc) is 2.56. The molecule has 0 fully saturated rings. The lowest BCUT2D eigenvalue weighted by atomic mass is 10.1. The van der Waals surface area contributed by atoms with Crippen LogP contribution in [0.1, 0.15) is 38.7 Å². The second-order valence-corrected chi connectivity index (χ2v) is 6.23. The van der Waals surface area contributed by atoms with Gasteiger partial charge >= 0.3 is 0 Å². The highest BCUT2D eigenvalue weighted by atomic mass is 19.1. The summed E-state index contributed by atoms with van der Waals surface area (Å²) in [6.07, 6.45) is 1.83. The maximum Gasteiger partial charge on any atom is 0.251 e. The van der Waals surface area contributed by atoms with Crippen molar-refractivity contribution in [1.82, 2.24) is 10.2 Å². The van der Waals surface area contributed by atoms with Gasteiger partial charge in [0, 0.05) is 13.1 Å². The molecule has 8 heteroatoms. The Morgan fingerprint density at radius 1 is 1.15 bits per heavy atom. The van der Waals surface area contributed by atoms with Crippen LogP contribution in [0.2, 0.25) is 0 Å². The van der Waals surface area contributed by atoms with Crippen LogP contribution in [0, 0.1) is 11.6 Å². The molecule has 3 N–H and O–H groups in total. The molecule has 0 radical (unpaired) electrons. The first kappa shape index (κ1) is 21.7. The fraction of sp³-hybridized carbons (Fsp3) is 0.500. The van der Waals surface area contributed by atoms with Crippen LogP contribution < -0.4 is 11.1 Å². The minimum Gasteiger partial charge on any atom is -0.344 e. The van der Waals surface area contributed by atoms with Crippen molar-refractivity contribution in [3.63, 3.8) is 0 Å². The van der Waals surface area contributed by atoms with Crippen molar-refractivity contribution in [3.05, 3.63) is 35.4 Å². The number of likely N-dealkylation sites (N-methyl/N-ethyl adjacent to an activating group) is 1. The summed E-state index contributed by atoms with van der Waals surface area (Å²) in [5.41, 5.74) is 5.92. The number of hydrogen-bond donors (Lipinski definition) is 2. The van der Waals surface area contributed by atoms with E-state index in [1.807, 2.05) is 6.92 Å². The van der Waals surface area contributed by atoms with E-state index in [-0.39, 0.29) is 12.0 Å². The molecular weight excluding hydrogens is 344 g/mol. The molecule has 1 aromatic carbocycles. The van der Waals surface area contributed by atoms with Crippen LogP contribution in [0.4, 0.5) is 8.78 Å². The molecule has 26 heavy (non-hydrogen) atoms. The summed E-state index contributed by atoms with van der Waals surface area (Å²) in [6.45, 7) is 3.39. The number of nitrogens with two attached hydrogens (primary N) is 1. The van der Waals surface area contributed by atoms with Gasteiger partial charge in [0.1, 0.15) is 17.7 Å². The van der Waals surface area contributed by atoms with Crippen molar-refractivity contribution < 1.29 is 23.2 Å². The minimum absolute atomic E-state index is 0.144. The van der Waals surface area contributed by atoms with Crippen molar-refractivity contribution in [3.8, 4) is 0 Å². The third-order valence-electron chi connectivity index (χ3n) is 3.88. The summed E-state index contributed by atoms with van der Waals surface area (Å²) in [5.74, 6) is -3.30. The number of unbranched alkanes of at least 4 members (excludes halogenated alkanes) is 1. The van der Waals surface area contributed by atoms with E-state index < -0.39 is 41.4 Å². The zero-order chi connectivity index (χ0) is 19.9. The zero-order valence-electron chi connectivity index (χ0n) is 15.2. The molecule has 0 aliphatic heterocycles. The average molecular weight is 369 g/mol. The van der Waals surface area contributed by atoms with E-state index in [0.717, 1.165) is 29.9 Å². The van der Waals surface area contributed by atoms with Crippen LogP contribution in [-0.4, -0.2) is 41.8 Å². The van der Waals surface area contributed by atoms with Crippen molar-refractivity contribution in [1.29, 1.82) is 0 Å². The maximum atomic E-state index is 13.1. The van der Waals surface area contributed by atoms with Gasteiger partial charge in [0.25, 0.3) is 5.91 Å². The number of halogens is 2. The molecule has 0 spiro atoms. The number of benzene rings is 1. The summed E-state index contributed by atoms with van der Waals surface area (Å²) in [5, 5.41) is 2.42. The van der Waals surface area contributed by atoms with Crippen molar-refractivity contribution >= 4 is 17.7 Å². The molecule has 0 saturated carbocycles. The number of rotatable bonds is 8. The van der Waals surface area contributed by atoms with Crippen LogP contribution in [-0.2, 0) is 20.8 Å². The molecule has 6 nitrogen and oxygen atoms in total. The predicted octanol–water partition coefficient (Wildman–Crippen LogP) is 1.51. The summed E-state index contributed by atoms with van der Waals surface area (Å²) >= 11 is 0. The summed E-state index contributed by atoms with van der Waals surface area (Å²) in [7, 11) is 1.31. The Bertz CT molecular complexity index is 647. The van der Waals surface area contributed by atoms with Gasteiger partial charge in [-0.2, -0.15) is 0 Å². The SMILES string of the molecule is CCCC[C@H](N)C(=O)N(C)C(=O)[C@H](C)NC(=O)Cc1cc(F)cc(F)c1. The second-order valence-electron chi connectivity index (χ2n) is 6.23. The van der Waals surface area contributed by atoms with Gasteiger partial charge in [0.15, 0.2) is 0 Å². The van der Waals surface area contributed by atoms with Gasteiger partial charge in [0.05, 0.1) is 12.5 Å². The van der Waals surface area contributed by atoms with Gasteiger partial charge in [-0.25, -0.2) is 8.78 Å². The fourth-order valence-corrected chi connectivity index (χ4v) is 2.45. The summed E-state index contributed by atoms with van der Waals surface area (Å²) in [4.78, 5) is 37.3. The van der Waals surface area contributed by atoms with Crippen molar-refractivity contribution in [2.24, 2.45) is 5.73 Å². The smallest absolute Gasteiger partial charge is 0.251 e. The number of carbonyl (C=O) groups is 3. The van der Waals surface area contributed by atoms with E-state index in [0.29, 0.717) is 12.5 Å². The molecule has 0 aromatic heterocycles. The Morgan fingerprint density at radius 2 is 1.73 bits per heavy atom. The lowest BCUT2D eigenvalue weighted by Gasteiger charge is -2.23. The number of nitrogens with one attached hydrogen (secondary N) is 1. The molecule has 3 amide bonds. The highest BCUT2D eigenvalue weighted by Crippen LogP contribution is 2.09. The van der Waals surface area contributed by atoms with Crippen LogP contribution in [0.15, 0.2) is 18.2 Å². The third kappa shape index (κ3) is 6.51. The van der Waals surface area contributed by atoms with Gasteiger partial charge in [-0.1, -0.05) is 19.8 Å². The molecule has 0 aliphatic rings. The summed E-state index contributed by atoms with van der Waals surface area (Å²) < 4.78 is 26.3. The Balaban J connectivity index is 2.62. The molecule has 0 aliphatic carbocycles. The molecular formula is C18H25F2N3O3. The Kier molecular flexibility index (Phi) is 8.31. The maximum absolute atomic E-state index is 13.1. The van der Waals surface area contributed by atoms with E-state index in [9.17, 15) is 23.2 Å². The zero-order valence-corrected chi connectivity index (χ0v) is 15.2. The lowest BCUT2D eigenvalue weighted by molar-refractivity contribution is -0.146. The predicted molar refractivity (Wildman–Crippen MR) is 92.9 cm³/mol. The van der Waals surface area contributed by atoms with Gasteiger partial charge < -0.3 is 11.1 Å². The van der Waals surface area contributed by atoms with Crippen molar-refractivity contribution in [2.75, 3.05) is 7.05 Å². The number of imide groups is 1. The molecule has 0 heterocycles. The summed E-state index contributed by atoms with van der Waals surface area (Å²) in [6, 6.07) is 1.03. The second kappa shape index (κ2) is 9.96.